The Kier molecular flexibility index (Phi) is 5.62. The third kappa shape index (κ3) is 4.75. The number of hydrogen-bond acceptors (Lipinski definition) is 2. The Balaban J connectivity index is 1.51. The zero-order valence-corrected chi connectivity index (χ0v) is 10.9. The molecule has 1 fully saturated rings. The van der Waals surface area contributed by atoms with E-state index < -0.39 is 6.17 Å². The second-order valence-corrected chi connectivity index (χ2v) is 4.91. The predicted octanol–water partition coefficient (Wildman–Crippen LogP) is 3.03. The third-order valence-electron chi connectivity index (χ3n) is 3.39. The van der Waals surface area contributed by atoms with Crippen LogP contribution in [0.25, 0.3) is 0 Å². The van der Waals surface area contributed by atoms with Gasteiger partial charge in [0.2, 0.25) is 0 Å². The minimum absolute atomic E-state index is 0.574. The Bertz CT molecular complexity index is 323. The topological polar surface area (TPSA) is 12.5 Å². The van der Waals surface area contributed by atoms with Crippen LogP contribution in [0.15, 0.2) is 30.3 Å². The number of likely N-dealkylation sites (tertiary alicyclic amines) is 1. The summed E-state index contributed by atoms with van der Waals surface area (Å²) in [6, 6.07) is 10.2. The lowest BCUT2D eigenvalue weighted by Crippen LogP contribution is -2.35. The summed E-state index contributed by atoms with van der Waals surface area (Å²) in [6.07, 6.45) is 1.86. The molecule has 0 aromatic heterocycles. The van der Waals surface area contributed by atoms with Gasteiger partial charge in [-0.15, -0.1) is 0 Å². The Labute approximate surface area is 109 Å². The molecule has 1 heterocycles. The highest BCUT2D eigenvalue weighted by Crippen LogP contribution is 2.13. The molecule has 0 N–H and O–H groups in total. The van der Waals surface area contributed by atoms with Crippen molar-refractivity contribution in [3.63, 3.8) is 0 Å². The number of piperidine rings is 1. The molecule has 0 unspecified atom stereocenters. The summed E-state index contributed by atoms with van der Waals surface area (Å²) in [6.45, 7) is 4.30. The van der Waals surface area contributed by atoms with Crippen LogP contribution in [0.3, 0.4) is 0 Å². The first-order valence-electron chi connectivity index (χ1n) is 6.82. The molecule has 0 saturated carbocycles. The van der Waals surface area contributed by atoms with Crippen molar-refractivity contribution in [2.75, 3.05) is 26.2 Å². The summed E-state index contributed by atoms with van der Waals surface area (Å²) in [5.41, 5.74) is 1.22. The average molecular weight is 251 g/mol. The van der Waals surface area contributed by atoms with Gasteiger partial charge in [-0.05, 0) is 24.8 Å². The Morgan fingerprint density at radius 2 is 1.89 bits per heavy atom. The maximum Gasteiger partial charge on any atom is 0.103 e. The molecule has 1 aliphatic rings. The first-order valence-corrected chi connectivity index (χ1v) is 6.82. The van der Waals surface area contributed by atoms with E-state index in [1.54, 1.807) is 0 Å². The van der Waals surface area contributed by atoms with E-state index in [0.717, 1.165) is 32.7 Å². The molecule has 100 valence electrons. The molecule has 2 nitrogen and oxygen atoms in total. The largest absolute Gasteiger partial charge is 0.377 e. The highest BCUT2D eigenvalue weighted by Gasteiger charge is 2.17. The second-order valence-electron chi connectivity index (χ2n) is 4.91. The molecule has 0 spiro atoms. The van der Waals surface area contributed by atoms with E-state index in [0.29, 0.717) is 19.4 Å². The molecular formula is C15H22FNO. The van der Waals surface area contributed by atoms with Gasteiger partial charge in [-0.25, -0.2) is 4.39 Å². The lowest BCUT2D eigenvalue weighted by atomic mass is 10.1. The minimum atomic E-state index is -0.574. The van der Waals surface area contributed by atoms with Crippen LogP contribution in [0.4, 0.5) is 4.39 Å². The van der Waals surface area contributed by atoms with Gasteiger partial charge in [0.05, 0.1) is 6.61 Å². The summed E-state index contributed by atoms with van der Waals surface area (Å²) >= 11 is 0. The molecule has 0 bridgehead atoms. The quantitative estimate of drug-likeness (QED) is 0.721. The van der Waals surface area contributed by atoms with Crippen LogP contribution < -0.4 is 0 Å². The minimum Gasteiger partial charge on any atom is -0.377 e. The highest BCUT2D eigenvalue weighted by atomic mass is 19.1. The van der Waals surface area contributed by atoms with Gasteiger partial charge in [0.1, 0.15) is 6.17 Å². The summed E-state index contributed by atoms with van der Waals surface area (Å²) in [7, 11) is 0. The summed E-state index contributed by atoms with van der Waals surface area (Å²) in [5, 5.41) is 0. The van der Waals surface area contributed by atoms with Crippen molar-refractivity contribution in [1.29, 1.82) is 0 Å². The first kappa shape index (κ1) is 13.5. The van der Waals surface area contributed by atoms with E-state index in [1.807, 2.05) is 18.2 Å². The summed E-state index contributed by atoms with van der Waals surface area (Å²) in [5.74, 6) is 0. The van der Waals surface area contributed by atoms with E-state index in [4.69, 9.17) is 4.74 Å². The van der Waals surface area contributed by atoms with Crippen molar-refractivity contribution in [1.82, 2.24) is 4.90 Å². The van der Waals surface area contributed by atoms with Gasteiger partial charge in [-0.2, -0.15) is 0 Å². The van der Waals surface area contributed by atoms with Gasteiger partial charge in [0.15, 0.2) is 0 Å². The van der Waals surface area contributed by atoms with E-state index in [1.165, 1.54) is 5.56 Å². The molecule has 18 heavy (non-hydrogen) atoms. The number of hydrogen-bond donors (Lipinski definition) is 0. The highest BCUT2D eigenvalue weighted by molar-refractivity contribution is 5.13. The van der Waals surface area contributed by atoms with Crippen LogP contribution in [0.2, 0.25) is 0 Å². The number of halogens is 1. The normalized spacial score (nSPS) is 18.1. The fourth-order valence-electron chi connectivity index (χ4n) is 2.28. The average Bonchev–Trinajstić information content (AvgIpc) is 2.42. The number of nitrogens with zero attached hydrogens (tertiary/aromatic N) is 1. The lowest BCUT2D eigenvalue weighted by Gasteiger charge is -2.28. The molecule has 1 aromatic rings. The maximum absolute atomic E-state index is 12.9. The Morgan fingerprint density at radius 1 is 1.17 bits per heavy atom. The van der Waals surface area contributed by atoms with Crippen LogP contribution in [0.1, 0.15) is 24.8 Å². The van der Waals surface area contributed by atoms with Crippen LogP contribution in [0, 0.1) is 0 Å². The fourth-order valence-corrected chi connectivity index (χ4v) is 2.28. The predicted molar refractivity (Wildman–Crippen MR) is 71.3 cm³/mol. The molecule has 0 amide bonds. The SMILES string of the molecule is FC1CCN(CCCOCc2ccccc2)CC1. The summed E-state index contributed by atoms with van der Waals surface area (Å²) < 4.78 is 18.6. The molecular weight excluding hydrogens is 229 g/mol. The van der Waals surface area contributed by atoms with Crippen LogP contribution in [-0.2, 0) is 11.3 Å². The van der Waals surface area contributed by atoms with Gasteiger partial charge in [-0.1, -0.05) is 30.3 Å². The molecule has 1 aromatic carbocycles. The standard InChI is InChI=1S/C15H22FNO/c16-15-7-10-17(11-8-15)9-4-12-18-13-14-5-2-1-3-6-14/h1-3,5-6,15H,4,7-13H2. The van der Waals surface area contributed by atoms with Gasteiger partial charge < -0.3 is 9.64 Å². The maximum atomic E-state index is 12.9. The molecule has 3 heteroatoms. The molecule has 0 radical (unpaired) electrons. The molecule has 0 aliphatic carbocycles. The smallest absolute Gasteiger partial charge is 0.103 e. The first-order chi connectivity index (χ1) is 8.84. The zero-order valence-electron chi connectivity index (χ0n) is 10.9. The third-order valence-corrected chi connectivity index (χ3v) is 3.39. The van der Waals surface area contributed by atoms with Gasteiger partial charge in [0, 0.05) is 26.2 Å². The number of benzene rings is 1. The van der Waals surface area contributed by atoms with E-state index in [9.17, 15) is 4.39 Å². The van der Waals surface area contributed by atoms with Crippen molar-refractivity contribution in [2.45, 2.75) is 32.0 Å². The van der Waals surface area contributed by atoms with Crippen LogP contribution >= 0.6 is 0 Å². The van der Waals surface area contributed by atoms with Crippen LogP contribution in [0.5, 0.6) is 0 Å². The van der Waals surface area contributed by atoms with Crippen molar-refractivity contribution >= 4 is 0 Å². The zero-order chi connectivity index (χ0) is 12.6. The van der Waals surface area contributed by atoms with Crippen molar-refractivity contribution < 1.29 is 9.13 Å². The van der Waals surface area contributed by atoms with Gasteiger partial charge in [0.25, 0.3) is 0 Å². The van der Waals surface area contributed by atoms with E-state index in [2.05, 4.69) is 17.0 Å². The molecule has 1 saturated heterocycles. The number of alkyl halides is 1. The second kappa shape index (κ2) is 7.49. The van der Waals surface area contributed by atoms with E-state index >= 15 is 0 Å². The summed E-state index contributed by atoms with van der Waals surface area (Å²) in [4.78, 5) is 2.34. The van der Waals surface area contributed by atoms with Crippen molar-refractivity contribution in [3.8, 4) is 0 Å². The van der Waals surface area contributed by atoms with Gasteiger partial charge >= 0.3 is 0 Å². The Morgan fingerprint density at radius 3 is 2.61 bits per heavy atom. The Hall–Kier alpha value is -0.930. The van der Waals surface area contributed by atoms with Gasteiger partial charge in [-0.3, -0.25) is 0 Å². The number of rotatable bonds is 6. The van der Waals surface area contributed by atoms with E-state index in [-0.39, 0.29) is 0 Å². The lowest BCUT2D eigenvalue weighted by molar-refractivity contribution is 0.0969. The van der Waals surface area contributed by atoms with Crippen molar-refractivity contribution in [2.24, 2.45) is 0 Å². The monoisotopic (exact) mass is 251 g/mol. The number of ether oxygens (including phenoxy) is 1. The van der Waals surface area contributed by atoms with Crippen molar-refractivity contribution in [3.05, 3.63) is 35.9 Å². The molecule has 1 aliphatic heterocycles. The molecule has 0 atom stereocenters. The fraction of sp³-hybridized carbons (Fsp3) is 0.600. The van der Waals surface area contributed by atoms with Crippen LogP contribution in [-0.4, -0.2) is 37.3 Å². The molecule has 2 rings (SSSR count).